The van der Waals surface area contributed by atoms with E-state index in [-0.39, 0.29) is 11.9 Å². The molecule has 0 aliphatic carbocycles. The third kappa shape index (κ3) is 5.16. The van der Waals surface area contributed by atoms with Crippen LogP contribution in [0.25, 0.3) is 5.69 Å². The Morgan fingerprint density at radius 2 is 1.77 bits per heavy atom. The maximum absolute atomic E-state index is 13.0. The number of likely N-dealkylation sites (N-methyl/N-ethyl adjacent to an activating group) is 1. The number of hydrogen-bond acceptors (Lipinski definition) is 4. The fourth-order valence-corrected chi connectivity index (χ4v) is 3.89. The lowest BCUT2D eigenvalue weighted by Crippen LogP contribution is -2.47. The first-order valence-corrected chi connectivity index (χ1v) is 10.9. The normalized spacial score (nSPS) is 16.3. The Morgan fingerprint density at radius 3 is 2.47 bits per heavy atom. The molecule has 0 bridgehead atoms. The first-order chi connectivity index (χ1) is 14.6. The van der Waals surface area contributed by atoms with Crippen LogP contribution in [0.2, 0.25) is 0 Å². The smallest absolute Gasteiger partial charge is 0.255 e. The fourth-order valence-electron chi connectivity index (χ4n) is 3.63. The van der Waals surface area contributed by atoms with E-state index >= 15 is 0 Å². The summed E-state index contributed by atoms with van der Waals surface area (Å²) in [5.74, 6) is -0.110. The first-order valence-electron chi connectivity index (χ1n) is 10.2. The summed E-state index contributed by atoms with van der Waals surface area (Å²) in [6, 6.07) is 17.9. The van der Waals surface area contributed by atoms with Crippen molar-refractivity contribution in [1.82, 2.24) is 24.9 Å². The van der Waals surface area contributed by atoms with Crippen molar-refractivity contribution in [1.29, 1.82) is 0 Å². The molecule has 1 saturated heterocycles. The third-order valence-electron chi connectivity index (χ3n) is 5.48. The van der Waals surface area contributed by atoms with Crippen molar-refractivity contribution in [3.05, 3.63) is 82.6 Å². The van der Waals surface area contributed by atoms with Crippen molar-refractivity contribution in [3.63, 3.8) is 0 Å². The van der Waals surface area contributed by atoms with Crippen molar-refractivity contribution in [2.75, 3.05) is 39.8 Å². The maximum atomic E-state index is 13.0. The van der Waals surface area contributed by atoms with Gasteiger partial charge in [0, 0.05) is 43.4 Å². The molecule has 30 heavy (non-hydrogen) atoms. The predicted molar refractivity (Wildman–Crippen MR) is 122 cm³/mol. The van der Waals surface area contributed by atoms with Gasteiger partial charge in [0.2, 0.25) is 0 Å². The predicted octanol–water partition coefficient (Wildman–Crippen LogP) is 3.35. The molecule has 1 atom stereocenters. The molecule has 4 rings (SSSR count). The summed E-state index contributed by atoms with van der Waals surface area (Å²) in [6.07, 6.45) is 3.39. The van der Waals surface area contributed by atoms with Gasteiger partial charge < -0.3 is 10.2 Å². The molecular weight excluding hydrogens is 442 g/mol. The van der Waals surface area contributed by atoms with Crippen LogP contribution in [0.4, 0.5) is 0 Å². The van der Waals surface area contributed by atoms with Gasteiger partial charge in [-0.15, -0.1) is 0 Å². The summed E-state index contributed by atoms with van der Waals surface area (Å²) < 4.78 is 2.73. The average Bonchev–Trinajstić information content (AvgIpc) is 3.26. The van der Waals surface area contributed by atoms with Gasteiger partial charge in [0.1, 0.15) is 0 Å². The van der Waals surface area contributed by atoms with Crippen LogP contribution in [-0.2, 0) is 0 Å². The molecule has 156 valence electrons. The van der Waals surface area contributed by atoms with Crippen LogP contribution in [0, 0.1) is 0 Å². The second-order valence-electron chi connectivity index (χ2n) is 7.69. The minimum atomic E-state index is -0.110. The van der Waals surface area contributed by atoms with Crippen LogP contribution < -0.4 is 5.32 Å². The van der Waals surface area contributed by atoms with Crippen molar-refractivity contribution in [2.24, 2.45) is 0 Å². The molecule has 1 aromatic heterocycles. The molecule has 0 spiro atoms. The summed E-state index contributed by atoms with van der Waals surface area (Å²) in [4.78, 5) is 17.8. The lowest BCUT2D eigenvalue weighted by molar-refractivity contribution is 0.0907. The molecule has 1 fully saturated rings. The number of benzene rings is 2. The van der Waals surface area contributed by atoms with E-state index in [1.807, 2.05) is 42.5 Å². The van der Waals surface area contributed by atoms with Crippen molar-refractivity contribution < 1.29 is 4.79 Å². The number of halogens is 1. The second kappa shape index (κ2) is 9.55. The monoisotopic (exact) mass is 467 g/mol. The number of amides is 1. The quantitative estimate of drug-likeness (QED) is 0.603. The molecule has 7 heteroatoms. The van der Waals surface area contributed by atoms with Crippen LogP contribution in [0.3, 0.4) is 0 Å². The molecule has 6 nitrogen and oxygen atoms in total. The Morgan fingerprint density at radius 1 is 1.07 bits per heavy atom. The highest BCUT2D eigenvalue weighted by atomic mass is 79.9. The zero-order valence-corrected chi connectivity index (χ0v) is 18.6. The standard InChI is InChI=1S/C23H26BrN5O/c1-27-11-13-28(14-12-27)17-22(18-5-3-2-4-6-18)26-23(30)19-15-25-29(16-19)21-9-7-20(24)8-10-21/h2-10,15-16,22H,11-14,17H2,1H3,(H,26,30). The first kappa shape index (κ1) is 20.8. The van der Waals surface area contributed by atoms with E-state index in [1.165, 1.54) is 0 Å². The fraction of sp³-hybridized carbons (Fsp3) is 0.304. The van der Waals surface area contributed by atoms with Crippen LogP contribution in [0.1, 0.15) is 22.0 Å². The number of aromatic nitrogens is 2. The molecule has 2 heterocycles. The number of nitrogens with one attached hydrogen (secondary N) is 1. The summed E-state index contributed by atoms with van der Waals surface area (Å²) in [7, 11) is 2.15. The highest BCUT2D eigenvalue weighted by Gasteiger charge is 2.22. The van der Waals surface area contributed by atoms with Crippen molar-refractivity contribution >= 4 is 21.8 Å². The number of carbonyl (C=O) groups is 1. The van der Waals surface area contributed by atoms with Gasteiger partial charge in [-0.25, -0.2) is 4.68 Å². The largest absolute Gasteiger partial charge is 0.344 e. The van der Waals surface area contributed by atoms with Gasteiger partial charge in [0.05, 0.1) is 23.5 Å². The lowest BCUT2D eigenvalue weighted by atomic mass is 10.1. The van der Waals surface area contributed by atoms with E-state index < -0.39 is 0 Å². The Labute approximate surface area is 185 Å². The lowest BCUT2D eigenvalue weighted by Gasteiger charge is -2.35. The second-order valence-corrected chi connectivity index (χ2v) is 8.61. The summed E-state index contributed by atoms with van der Waals surface area (Å²) in [5.41, 5.74) is 2.58. The average molecular weight is 468 g/mol. The highest BCUT2D eigenvalue weighted by Crippen LogP contribution is 2.18. The zero-order valence-electron chi connectivity index (χ0n) is 17.0. The Bertz CT molecular complexity index is 965. The van der Waals surface area contributed by atoms with Crippen LogP contribution in [0.5, 0.6) is 0 Å². The van der Waals surface area contributed by atoms with Gasteiger partial charge in [0.25, 0.3) is 5.91 Å². The SMILES string of the molecule is CN1CCN(CC(NC(=O)c2cnn(-c3ccc(Br)cc3)c2)c2ccccc2)CC1. The van der Waals surface area contributed by atoms with E-state index in [1.54, 1.807) is 17.1 Å². The number of carbonyl (C=O) groups excluding carboxylic acids is 1. The summed E-state index contributed by atoms with van der Waals surface area (Å²) in [5, 5.41) is 7.59. The number of rotatable bonds is 6. The molecule has 1 amide bonds. The minimum Gasteiger partial charge on any atom is -0.344 e. The highest BCUT2D eigenvalue weighted by molar-refractivity contribution is 9.10. The Balaban J connectivity index is 1.48. The molecule has 2 aromatic carbocycles. The van der Waals surface area contributed by atoms with E-state index in [2.05, 4.69) is 55.3 Å². The van der Waals surface area contributed by atoms with Gasteiger partial charge >= 0.3 is 0 Å². The number of piperazine rings is 1. The van der Waals surface area contributed by atoms with Gasteiger partial charge in [-0.1, -0.05) is 46.3 Å². The van der Waals surface area contributed by atoms with Gasteiger partial charge in [-0.05, 0) is 36.9 Å². The summed E-state index contributed by atoms with van der Waals surface area (Å²) >= 11 is 3.44. The topological polar surface area (TPSA) is 53.4 Å². The van der Waals surface area contributed by atoms with E-state index in [4.69, 9.17) is 0 Å². The molecule has 1 aliphatic heterocycles. The van der Waals surface area contributed by atoms with Gasteiger partial charge in [-0.2, -0.15) is 5.10 Å². The van der Waals surface area contributed by atoms with E-state index in [9.17, 15) is 4.79 Å². The molecular formula is C23H26BrN5O. The molecule has 0 saturated carbocycles. The summed E-state index contributed by atoms with van der Waals surface area (Å²) in [6.45, 7) is 4.92. The molecule has 1 N–H and O–H groups in total. The number of nitrogens with zero attached hydrogens (tertiary/aromatic N) is 4. The van der Waals surface area contributed by atoms with Gasteiger partial charge in [0.15, 0.2) is 0 Å². The Kier molecular flexibility index (Phi) is 6.62. The molecule has 3 aromatic rings. The Hall–Kier alpha value is -2.48. The zero-order chi connectivity index (χ0) is 20.9. The van der Waals surface area contributed by atoms with E-state index in [0.717, 1.165) is 48.4 Å². The van der Waals surface area contributed by atoms with Crippen LogP contribution in [0.15, 0.2) is 71.5 Å². The van der Waals surface area contributed by atoms with Crippen LogP contribution in [-0.4, -0.2) is 65.3 Å². The van der Waals surface area contributed by atoms with Crippen molar-refractivity contribution in [3.8, 4) is 5.69 Å². The molecule has 1 unspecified atom stereocenters. The molecule has 1 aliphatic rings. The molecule has 0 radical (unpaired) electrons. The van der Waals surface area contributed by atoms with E-state index in [0.29, 0.717) is 5.56 Å². The minimum absolute atomic E-state index is 0.0712. The maximum Gasteiger partial charge on any atom is 0.255 e. The number of hydrogen-bond donors (Lipinski definition) is 1. The van der Waals surface area contributed by atoms with Gasteiger partial charge in [-0.3, -0.25) is 9.69 Å². The van der Waals surface area contributed by atoms with Crippen molar-refractivity contribution in [2.45, 2.75) is 6.04 Å². The van der Waals surface area contributed by atoms with Crippen LogP contribution >= 0.6 is 15.9 Å². The third-order valence-corrected chi connectivity index (χ3v) is 6.01.